The van der Waals surface area contributed by atoms with Crippen LogP contribution in [0.25, 0.3) is 0 Å². The van der Waals surface area contributed by atoms with E-state index < -0.39 is 0 Å². The number of carbonyl (C=O) groups is 2. The van der Waals surface area contributed by atoms with Gasteiger partial charge < -0.3 is 4.90 Å². The SMILES string of the molecule is C[NH+](Cc1ccc(Cl)c(Cl)c1)CN1C(=O)c2ccccc2C1=O. The third-order valence-electron chi connectivity index (χ3n) is 3.80. The Labute approximate surface area is 144 Å². The molecule has 1 atom stereocenters. The fourth-order valence-corrected chi connectivity index (χ4v) is 3.03. The van der Waals surface area contributed by atoms with Crippen molar-refractivity contribution in [2.75, 3.05) is 13.7 Å². The molecule has 1 heterocycles. The largest absolute Gasteiger partial charge is 0.316 e. The van der Waals surface area contributed by atoms with Gasteiger partial charge in [0.25, 0.3) is 11.8 Å². The van der Waals surface area contributed by atoms with Gasteiger partial charge in [-0.15, -0.1) is 0 Å². The molecule has 0 aromatic heterocycles. The van der Waals surface area contributed by atoms with E-state index in [0.717, 1.165) is 10.5 Å². The smallest absolute Gasteiger partial charge is 0.265 e. The van der Waals surface area contributed by atoms with Gasteiger partial charge in [-0.25, -0.2) is 4.90 Å². The second kappa shape index (κ2) is 6.32. The van der Waals surface area contributed by atoms with Crippen LogP contribution in [0.15, 0.2) is 42.5 Å². The van der Waals surface area contributed by atoms with Crippen LogP contribution in [0.3, 0.4) is 0 Å². The highest BCUT2D eigenvalue weighted by Gasteiger charge is 2.36. The van der Waals surface area contributed by atoms with E-state index >= 15 is 0 Å². The van der Waals surface area contributed by atoms with Crippen LogP contribution < -0.4 is 4.90 Å². The van der Waals surface area contributed by atoms with E-state index in [0.29, 0.717) is 34.4 Å². The van der Waals surface area contributed by atoms with Gasteiger partial charge in [0.15, 0.2) is 6.67 Å². The lowest BCUT2D eigenvalue weighted by Gasteiger charge is -2.20. The van der Waals surface area contributed by atoms with Crippen LogP contribution in [0.1, 0.15) is 26.3 Å². The summed E-state index contributed by atoms with van der Waals surface area (Å²) in [6, 6.07) is 12.3. The molecule has 0 bridgehead atoms. The average Bonchev–Trinajstić information content (AvgIpc) is 2.76. The molecular weight excluding hydrogens is 335 g/mol. The first kappa shape index (κ1) is 16.0. The summed E-state index contributed by atoms with van der Waals surface area (Å²) in [7, 11) is 1.92. The summed E-state index contributed by atoms with van der Waals surface area (Å²) >= 11 is 11.9. The van der Waals surface area contributed by atoms with E-state index in [1.54, 1.807) is 36.4 Å². The summed E-state index contributed by atoms with van der Waals surface area (Å²) in [6.07, 6.45) is 0. The van der Waals surface area contributed by atoms with E-state index in [1.165, 1.54) is 4.90 Å². The molecule has 6 heteroatoms. The number of nitrogens with zero attached hydrogens (tertiary/aromatic N) is 1. The van der Waals surface area contributed by atoms with Gasteiger partial charge in [0.1, 0.15) is 6.54 Å². The number of imide groups is 1. The Morgan fingerprint density at radius 1 is 0.957 bits per heavy atom. The molecular formula is C17H15Cl2N2O2+. The van der Waals surface area contributed by atoms with Crippen molar-refractivity contribution in [2.24, 2.45) is 0 Å². The topological polar surface area (TPSA) is 41.8 Å². The van der Waals surface area contributed by atoms with Crippen molar-refractivity contribution in [2.45, 2.75) is 6.54 Å². The van der Waals surface area contributed by atoms with Crippen LogP contribution in [0.4, 0.5) is 0 Å². The van der Waals surface area contributed by atoms with Crippen LogP contribution >= 0.6 is 23.2 Å². The molecule has 0 spiro atoms. The van der Waals surface area contributed by atoms with Gasteiger partial charge in [-0.3, -0.25) is 9.59 Å². The number of carbonyl (C=O) groups excluding carboxylic acids is 2. The summed E-state index contributed by atoms with van der Waals surface area (Å²) in [5.41, 5.74) is 1.94. The van der Waals surface area contributed by atoms with Crippen LogP contribution in [0.2, 0.25) is 10.0 Å². The van der Waals surface area contributed by atoms with E-state index in [9.17, 15) is 9.59 Å². The van der Waals surface area contributed by atoms with Gasteiger partial charge >= 0.3 is 0 Å². The molecule has 1 N–H and O–H groups in total. The Morgan fingerprint density at radius 3 is 2.13 bits per heavy atom. The van der Waals surface area contributed by atoms with E-state index in [-0.39, 0.29) is 11.8 Å². The molecule has 0 saturated carbocycles. The van der Waals surface area contributed by atoms with Crippen LogP contribution in [0, 0.1) is 0 Å². The monoisotopic (exact) mass is 349 g/mol. The van der Waals surface area contributed by atoms with Gasteiger partial charge in [0, 0.05) is 5.56 Å². The van der Waals surface area contributed by atoms with Gasteiger partial charge in [-0.05, 0) is 24.3 Å². The zero-order chi connectivity index (χ0) is 16.6. The van der Waals surface area contributed by atoms with Crippen LogP contribution in [0.5, 0.6) is 0 Å². The number of rotatable bonds is 4. The third kappa shape index (κ3) is 3.11. The lowest BCUT2D eigenvalue weighted by atomic mass is 10.1. The van der Waals surface area contributed by atoms with Crippen molar-refractivity contribution in [3.8, 4) is 0 Å². The summed E-state index contributed by atoms with van der Waals surface area (Å²) in [5, 5.41) is 1.01. The van der Waals surface area contributed by atoms with Crippen LogP contribution in [-0.2, 0) is 6.54 Å². The molecule has 2 aromatic rings. The number of hydrogen-bond donors (Lipinski definition) is 1. The molecule has 4 nitrogen and oxygen atoms in total. The van der Waals surface area contributed by atoms with Crippen molar-refractivity contribution in [1.82, 2.24) is 4.90 Å². The Bertz CT molecular complexity index is 757. The maximum Gasteiger partial charge on any atom is 0.265 e. The average molecular weight is 350 g/mol. The molecule has 2 amide bonds. The number of amides is 2. The van der Waals surface area contributed by atoms with Gasteiger partial charge in [0.05, 0.1) is 28.2 Å². The molecule has 0 saturated heterocycles. The molecule has 1 aliphatic rings. The normalized spacial score (nSPS) is 15.0. The molecule has 23 heavy (non-hydrogen) atoms. The zero-order valence-electron chi connectivity index (χ0n) is 12.5. The molecule has 3 rings (SSSR count). The molecule has 1 aliphatic heterocycles. The summed E-state index contributed by atoms with van der Waals surface area (Å²) in [4.78, 5) is 27.0. The Morgan fingerprint density at radius 2 is 1.57 bits per heavy atom. The Hall–Kier alpha value is -1.88. The minimum atomic E-state index is -0.237. The molecule has 0 fully saturated rings. The number of hydrogen-bond acceptors (Lipinski definition) is 2. The number of halogens is 2. The fourth-order valence-electron chi connectivity index (χ4n) is 2.71. The zero-order valence-corrected chi connectivity index (χ0v) is 14.0. The fraction of sp³-hybridized carbons (Fsp3) is 0.176. The maximum absolute atomic E-state index is 12.3. The highest BCUT2D eigenvalue weighted by molar-refractivity contribution is 6.42. The predicted octanol–water partition coefficient (Wildman–Crippen LogP) is 2.26. The first-order valence-corrected chi connectivity index (χ1v) is 7.93. The predicted molar refractivity (Wildman–Crippen MR) is 88.9 cm³/mol. The number of quaternary nitrogens is 1. The third-order valence-corrected chi connectivity index (χ3v) is 4.54. The lowest BCUT2D eigenvalue weighted by molar-refractivity contribution is -0.901. The first-order valence-electron chi connectivity index (χ1n) is 7.18. The van der Waals surface area contributed by atoms with E-state index in [4.69, 9.17) is 23.2 Å². The Kier molecular flexibility index (Phi) is 4.39. The second-order valence-corrected chi connectivity index (χ2v) is 6.44. The van der Waals surface area contributed by atoms with Crippen LogP contribution in [-0.4, -0.2) is 30.4 Å². The van der Waals surface area contributed by atoms with Crippen molar-refractivity contribution < 1.29 is 14.5 Å². The van der Waals surface area contributed by atoms with Crippen molar-refractivity contribution in [3.05, 3.63) is 69.2 Å². The standard InChI is InChI=1S/C17H14Cl2N2O2/c1-20(9-11-6-7-14(18)15(19)8-11)10-21-16(22)12-4-2-3-5-13(12)17(21)23/h2-8H,9-10H2,1H3/p+1. The quantitative estimate of drug-likeness (QED) is 0.860. The first-order chi connectivity index (χ1) is 11.0. The van der Waals surface area contributed by atoms with E-state index in [2.05, 4.69) is 0 Å². The summed E-state index contributed by atoms with van der Waals surface area (Å²) in [5.74, 6) is -0.474. The highest BCUT2D eigenvalue weighted by atomic mass is 35.5. The summed E-state index contributed by atoms with van der Waals surface area (Å²) in [6.45, 7) is 0.927. The molecule has 0 radical (unpaired) electrons. The van der Waals surface area contributed by atoms with Crippen molar-refractivity contribution >= 4 is 35.0 Å². The minimum Gasteiger partial charge on any atom is -0.316 e. The maximum atomic E-state index is 12.3. The van der Waals surface area contributed by atoms with Gasteiger partial charge in [-0.2, -0.15) is 0 Å². The molecule has 118 valence electrons. The van der Waals surface area contributed by atoms with Gasteiger partial charge in [-0.1, -0.05) is 41.4 Å². The highest BCUT2D eigenvalue weighted by Crippen LogP contribution is 2.23. The van der Waals surface area contributed by atoms with Gasteiger partial charge in [0.2, 0.25) is 0 Å². The van der Waals surface area contributed by atoms with Crippen molar-refractivity contribution in [1.29, 1.82) is 0 Å². The number of fused-ring (bicyclic) bond motifs is 1. The lowest BCUT2D eigenvalue weighted by Crippen LogP contribution is -3.09. The number of nitrogens with one attached hydrogen (secondary N) is 1. The molecule has 2 aromatic carbocycles. The van der Waals surface area contributed by atoms with Crippen molar-refractivity contribution in [3.63, 3.8) is 0 Å². The summed E-state index contributed by atoms with van der Waals surface area (Å²) < 4.78 is 0. The number of benzene rings is 2. The Balaban J connectivity index is 1.71. The minimum absolute atomic E-state index is 0.237. The van der Waals surface area contributed by atoms with E-state index in [1.807, 2.05) is 13.1 Å². The molecule has 1 unspecified atom stereocenters. The second-order valence-electron chi connectivity index (χ2n) is 5.62. The molecule has 0 aliphatic carbocycles.